The second-order valence-electron chi connectivity index (χ2n) is 8.69. The number of hydrogen-bond acceptors (Lipinski definition) is 6. The summed E-state index contributed by atoms with van der Waals surface area (Å²) in [5.41, 5.74) is 5.28. The van der Waals surface area contributed by atoms with Gasteiger partial charge in [-0.15, -0.1) is 0 Å². The summed E-state index contributed by atoms with van der Waals surface area (Å²) in [6, 6.07) is 27.9. The first-order chi connectivity index (χ1) is 18.4. The third kappa shape index (κ3) is 6.51. The van der Waals surface area contributed by atoms with Crippen molar-refractivity contribution in [1.29, 1.82) is 0 Å². The number of anilines is 3. The number of rotatable bonds is 8. The predicted molar refractivity (Wildman–Crippen MR) is 157 cm³/mol. The smallest absolute Gasteiger partial charge is 0.221 e. The van der Waals surface area contributed by atoms with Gasteiger partial charge in [0.1, 0.15) is 12.4 Å². The largest absolute Gasteiger partial charge is 0.489 e. The zero-order valence-corrected chi connectivity index (χ0v) is 23.3. The minimum Gasteiger partial charge on any atom is -0.489 e. The molecule has 6 nitrogen and oxygen atoms in total. The maximum absolute atomic E-state index is 11.4. The maximum Gasteiger partial charge on any atom is 0.221 e. The maximum atomic E-state index is 11.4. The van der Waals surface area contributed by atoms with Crippen molar-refractivity contribution in [3.05, 3.63) is 107 Å². The molecule has 3 aromatic carbocycles. The molecule has 1 amide bonds. The summed E-state index contributed by atoms with van der Waals surface area (Å²) in [4.78, 5) is 22.4. The molecule has 0 fully saturated rings. The third-order valence-electron chi connectivity index (χ3n) is 5.68. The number of amides is 1. The Morgan fingerprint density at radius 1 is 0.947 bits per heavy atom. The average molecular weight is 586 g/mol. The van der Waals surface area contributed by atoms with Crippen molar-refractivity contribution in [2.24, 2.45) is 0 Å². The molecule has 0 aliphatic carbocycles. The van der Waals surface area contributed by atoms with E-state index in [1.54, 1.807) is 18.0 Å². The molecule has 8 heteroatoms. The molecule has 38 heavy (non-hydrogen) atoms. The van der Waals surface area contributed by atoms with Crippen molar-refractivity contribution >= 4 is 61.7 Å². The zero-order chi connectivity index (χ0) is 26.5. The van der Waals surface area contributed by atoms with Crippen molar-refractivity contribution in [3.63, 3.8) is 0 Å². The molecule has 0 saturated carbocycles. The number of aryl methyl sites for hydroxylation is 1. The average Bonchev–Trinajstić information content (AvgIpc) is 2.90. The number of fused-ring (bicyclic) bond motifs is 1. The van der Waals surface area contributed by atoms with Gasteiger partial charge in [-0.2, -0.15) is 0 Å². The van der Waals surface area contributed by atoms with Gasteiger partial charge in [-0.1, -0.05) is 39.8 Å². The van der Waals surface area contributed by atoms with Crippen LogP contribution in [-0.2, 0) is 11.4 Å². The summed E-state index contributed by atoms with van der Waals surface area (Å²) >= 11 is 5.10. The van der Waals surface area contributed by atoms with Crippen molar-refractivity contribution in [1.82, 2.24) is 9.97 Å². The third-order valence-corrected chi connectivity index (χ3v) is 7.30. The van der Waals surface area contributed by atoms with E-state index in [1.807, 2.05) is 85.8 Å². The molecule has 2 N–H and O–H groups in total. The van der Waals surface area contributed by atoms with E-state index in [4.69, 9.17) is 4.74 Å². The zero-order valence-electron chi connectivity index (χ0n) is 20.9. The Morgan fingerprint density at radius 2 is 1.74 bits per heavy atom. The van der Waals surface area contributed by atoms with Crippen LogP contribution in [0.15, 0.2) is 105 Å². The SMILES string of the molecule is CC(=O)Nc1ccc(Sc2ccc(OCc3ccc(Br)cc3)cc2Nc2ccnc3nc(C)ccc23)cc1. The number of aromatic nitrogens is 2. The number of nitrogens with one attached hydrogen (secondary N) is 2. The Balaban J connectivity index is 1.45. The molecule has 0 atom stereocenters. The van der Waals surface area contributed by atoms with E-state index in [2.05, 4.69) is 42.6 Å². The van der Waals surface area contributed by atoms with Crippen LogP contribution >= 0.6 is 27.7 Å². The first-order valence-electron chi connectivity index (χ1n) is 12.0. The van der Waals surface area contributed by atoms with Crippen molar-refractivity contribution in [3.8, 4) is 5.75 Å². The molecule has 0 bridgehead atoms. The van der Waals surface area contributed by atoms with Gasteiger partial charge in [-0.3, -0.25) is 4.79 Å². The Kier molecular flexibility index (Phi) is 7.91. The van der Waals surface area contributed by atoms with E-state index >= 15 is 0 Å². The van der Waals surface area contributed by atoms with Gasteiger partial charge in [0.25, 0.3) is 0 Å². The molecule has 0 spiro atoms. The minimum atomic E-state index is -0.0927. The van der Waals surface area contributed by atoms with Gasteiger partial charge < -0.3 is 15.4 Å². The Labute approximate surface area is 234 Å². The molecule has 2 heterocycles. The van der Waals surface area contributed by atoms with Gasteiger partial charge in [0.05, 0.1) is 11.4 Å². The van der Waals surface area contributed by atoms with Crippen LogP contribution in [0, 0.1) is 6.92 Å². The fraction of sp³-hybridized carbons (Fsp3) is 0.100. The first kappa shape index (κ1) is 25.8. The molecule has 5 aromatic rings. The van der Waals surface area contributed by atoms with Crippen LogP contribution in [0.1, 0.15) is 18.2 Å². The van der Waals surface area contributed by atoms with E-state index in [1.165, 1.54) is 6.92 Å². The summed E-state index contributed by atoms with van der Waals surface area (Å²) in [6.45, 7) is 3.92. The van der Waals surface area contributed by atoms with E-state index < -0.39 is 0 Å². The van der Waals surface area contributed by atoms with Gasteiger partial charge >= 0.3 is 0 Å². The number of hydrogen-bond donors (Lipinski definition) is 2. The quantitative estimate of drug-likeness (QED) is 0.192. The molecule has 0 aliphatic rings. The molecule has 2 aromatic heterocycles. The van der Waals surface area contributed by atoms with Crippen LogP contribution in [0.2, 0.25) is 0 Å². The first-order valence-corrected chi connectivity index (χ1v) is 13.6. The lowest BCUT2D eigenvalue weighted by Gasteiger charge is -2.16. The fourth-order valence-corrected chi connectivity index (χ4v) is 4.99. The monoisotopic (exact) mass is 584 g/mol. The molecular formula is C30H25BrN4O2S. The number of pyridine rings is 2. The molecule has 0 unspecified atom stereocenters. The van der Waals surface area contributed by atoms with Crippen LogP contribution in [-0.4, -0.2) is 15.9 Å². The second kappa shape index (κ2) is 11.7. The summed E-state index contributed by atoms with van der Waals surface area (Å²) in [5.74, 6) is 0.665. The molecule has 0 aliphatic heterocycles. The van der Waals surface area contributed by atoms with Crippen LogP contribution < -0.4 is 15.4 Å². The van der Waals surface area contributed by atoms with E-state index in [-0.39, 0.29) is 5.91 Å². The van der Waals surface area contributed by atoms with Crippen LogP contribution in [0.5, 0.6) is 5.75 Å². The molecule has 190 valence electrons. The van der Waals surface area contributed by atoms with Gasteiger partial charge in [0, 0.05) is 50.2 Å². The lowest BCUT2D eigenvalue weighted by Crippen LogP contribution is -2.05. The highest BCUT2D eigenvalue weighted by Gasteiger charge is 2.11. The van der Waals surface area contributed by atoms with Crippen molar-refractivity contribution in [2.45, 2.75) is 30.2 Å². The van der Waals surface area contributed by atoms with Crippen LogP contribution in [0.4, 0.5) is 17.1 Å². The molecular weight excluding hydrogens is 560 g/mol. The van der Waals surface area contributed by atoms with Gasteiger partial charge in [-0.25, -0.2) is 9.97 Å². The lowest BCUT2D eigenvalue weighted by atomic mass is 10.2. The van der Waals surface area contributed by atoms with Gasteiger partial charge in [-0.05, 0) is 79.2 Å². The van der Waals surface area contributed by atoms with Crippen molar-refractivity contribution in [2.75, 3.05) is 10.6 Å². The van der Waals surface area contributed by atoms with E-state index in [0.29, 0.717) is 12.3 Å². The highest BCUT2D eigenvalue weighted by Crippen LogP contribution is 2.38. The molecule has 5 rings (SSSR count). The number of carbonyl (C=O) groups excluding carboxylic acids is 1. The highest BCUT2D eigenvalue weighted by molar-refractivity contribution is 9.10. The van der Waals surface area contributed by atoms with Crippen LogP contribution in [0.25, 0.3) is 11.0 Å². The summed E-state index contributed by atoms with van der Waals surface area (Å²) < 4.78 is 7.18. The number of halogens is 1. The number of nitrogens with zero attached hydrogens (tertiary/aromatic N) is 2. The Morgan fingerprint density at radius 3 is 2.50 bits per heavy atom. The normalized spacial score (nSPS) is 10.8. The molecule has 0 saturated heterocycles. The van der Waals surface area contributed by atoms with E-state index in [0.717, 1.165) is 53.7 Å². The van der Waals surface area contributed by atoms with Gasteiger partial charge in [0.2, 0.25) is 5.91 Å². The van der Waals surface area contributed by atoms with Gasteiger partial charge in [0.15, 0.2) is 5.65 Å². The predicted octanol–water partition coefficient (Wildman–Crippen LogP) is 8.13. The number of benzene rings is 3. The lowest BCUT2D eigenvalue weighted by molar-refractivity contribution is -0.114. The molecule has 0 radical (unpaired) electrons. The van der Waals surface area contributed by atoms with Crippen molar-refractivity contribution < 1.29 is 9.53 Å². The highest BCUT2D eigenvalue weighted by atomic mass is 79.9. The summed E-state index contributed by atoms with van der Waals surface area (Å²) in [7, 11) is 0. The fourth-order valence-electron chi connectivity index (χ4n) is 3.85. The second-order valence-corrected chi connectivity index (χ2v) is 10.7. The minimum absolute atomic E-state index is 0.0927. The summed E-state index contributed by atoms with van der Waals surface area (Å²) in [6.07, 6.45) is 1.76. The summed E-state index contributed by atoms with van der Waals surface area (Å²) in [5, 5.41) is 7.34. The Bertz CT molecular complexity index is 1590. The topological polar surface area (TPSA) is 76.1 Å². The number of carbonyl (C=O) groups is 1. The standard InChI is InChI=1S/C30H25BrN4O2S/c1-19-3-13-26-27(15-16-32-30(26)33-19)35-28-17-24(37-18-21-4-6-22(31)7-5-21)10-14-29(28)38-25-11-8-23(9-12-25)34-20(2)36/h3-17H,18H2,1-2H3,(H,34,36)(H,32,33,35). The van der Waals surface area contributed by atoms with E-state index in [9.17, 15) is 4.79 Å². The Hall–Kier alpha value is -3.88. The van der Waals surface area contributed by atoms with Crippen LogP contribution in [0.3, 0.4) is 0 Å². The number of ether oxygens (including phenoxy) is 1.